The molecular weight excluding hydrogens is 386 g/mol. The maximum absolute atomic E-state index is 12.2. The molecule has 0 aliphatic carbocycles. The van der Waals surface area contributed by atoms with E-state index in [1.165, 1.54) is 6.07 Å². The summed E-state index contributed by atoms with van der Waals surface area (Å²) >= 11 is 5.97. The average molecular weight is 400 g/mol. The van der Waals surface area contributed by atoms with Gasteiger partial charge in [0.05, 0.1) is 15.5 Å². The summed E-state index contributed by atoms with van der Waals surface area (Å²) in [6.07, 6.45) is 4.39. The van der Waals surface area contributed by atoms with Crippen molar-refractivity contribution in [2.45, 2.75) is 6.54 Å². The average Bonchev–Trinajstić information content (AvgIpc) is 2.71. The second-order valence-electron chi connectivity index (χ2n) is 5.45. The highest BCUT2D eigenvalue weighted by atomic mass is 35.5. The lowest BCUT2D eigenvalue weighted by Crippen LogP contribution is -2.30. The second kappa shape index (κ2) is 8.73. The van der Waals surface area contributed by atoms with Gasteiger partial charge in [-0.2, -0.15) is 0 Å². The molecule has 3 N–H and O–H groups in total. The van der Waals surface area contributed by atoms with Crippen molar-refractivity contribution in [1.82, 2.24) is 20.4 Å². The molecule has 11 heteroatoms. The van der Waals surface area contributed by atoms with E-state index in [4.69, 9.17) is 11.6 Å². The Morgan fingerprint density at radius 3 is 2.64 bits per heavy atom. The number of aromatic nitrogens is 3. The number of nitrogens with one attached hydrogen (secondary N) is 3. The first kappa shape index (κ1) is 19.0. The van der Waals surface area contributed by atoms with Gasteiger partial charge in [-0.25, -0.2) is 9.97 Å². The van der Waals surface area contributed by atoms with Crippen LogP contribution in [0.3, 0.4) is 0 Å². The van der Waals surface area contributed by atoms with Gasteiger partial charge in [-0.3, -0.25) is 30.7 Å². The lowest BCUT2D eigenvalue weighted by molar-refractivity contribution is -0.383. The van der Waals surface area contributed by atoms with Crippen LogP contribution in [-0.4, -0.2) is 25.8 Å². The number of amides is 1. The number of pyridine rings is 1. The van der Waals surface area contributed by atoms with Gasteiger partial charge < -0.3 is 5.32 Å². The minimum Gasteiger partial charge on any atom is -0.360 e. The van der Waals surface area contributed by atoms with Gasteiger partial charge in [0.2, 0.25) is 11.6 Å². The van der Waals surface area contributed by atoms with Crippen LogP contribution in [0.5, 0.6) is 0 Å². The Balaban J connectivity index is 1.76. The van der Waals surface area contributed by atoms with E-state index in [-0.39, 0.29) is 28.8 Å². The highest BCUT2D eigenvalue weighted by Crippen LogP contribution is 2.28. The number of hydrogen-bond donors (Lipinski definition) is 3. The van der Waals surface area contributed by atoms with Gasteiger partial charge in [0.1, 0.15) is 6.33 Å². The zero-order valence-corrected chi connectivity index (χ0v) is 15.1. The van der Waals surface area contributed by atoms with Crippen molar-refractivity contribution in [1.29, 1.82) is 0 Å². The summed E-state index contributed by atoms with van der Waals surface area (Å²) in [7, 11) is 0. The molecule has 0 aliphatic rings. The molecule has 142 valence electrons. The summed E-state index contributed by atoms with van der Waals surface area (Å²) in [6, 6.07) is 9.98. The SMILES string of the molecule is O=C(NNc1ncnc(NCc2cccnc2)c1[N+](=O)[O-])c1ccccc1Cl. The monoisotopic (exact) mass is 399 g/mol. The summed E-state index contributed by atoms with van der Waals surface area (Å²) in [4.78, 5) is 34.8. The number of carbonyl (C=O) groups excluding carboxylic acids is 1. The molecule has 0 radical (unpaired) electrons. The third-order valence-electron chi connectivity index (χ3n) is 3.60. The molecule has 0 saturated carbocycles. The van der Waals surface area contributed by atoms with Crippen molar-refractivity contribution >= 4 is 34.8 Å². The van der Waals surface area contributed by atoms with E-state index < -0.39 is 16.5 Å². The van der Waals surface area contributed by atoms with Crippen molar-refractivity contribution in [3.63, 3.8) is 0 Å². The highest BCUT2D eigenvalue weighted by Gasteiger charge is 2.23. The topological polar surface area (TPSA) is 135 Å². The summed E-state index contributed by atoms with van der Waals surface area (Å²) in [5.41, 5.74) is 5.42. The van der Waals surface area contributed by atoms with Crippen LogP contribution in [0.4, 0.5) is 17.3 Å². The van der Waals surface area contributed by atoms with Crippen LogP contribution in [0.15, 0.2) is 55.1 Å². The van der Waals surface area contributed by atoms with Gasteiger partial charge in [-0.15, -0.1) is 0 Å². The molecule has 0 aliphatic heterocycles. The van der Waals surface area contributed by atoms with Gasteiger partial charge in [0.25, 0.3) is 5.91 Å². The molecule has 28 heavy (non-hydrogen) atoms. The molecule has 1 aromatic carbocycles. The number of anilines is 2. The number of benzene rings is 1. The molecule has 0 atom stereocenters. The van der Waals surface area contributed by atoms with E-state index in [2.05, 4.69) is 31.1 Å². The number of carbonyl (C=O) groups is 1. The van der Waals surface area contributed by atoms with Crippen LogP contribution in [0.25, 0.3) is 0 Å². The standard InChI is InChI=1S/C17H14ClN7O3/c18-13-6-2-1-5-12(13)17(26)24-23-16-14(25(27)28)15(21-10-22-16)20-9-11-4-3-7-19-8-11/h1-8,10H,9H2,(H,24,26)(H2,20,21,22,23). The normalized spacial score (nSPS) is 10.2. The van der Waals surface area contributed by atoms with E-state index in [1.54, 1.807) is 36.7 Å². The highest BCUT2D eigenvalue weighted by molar-refractivity contribution is 6.33. The number of hydrazine groups is 1. The minimum absolute atomic E-state index is 0.00153. The Bertz CT molecular complexity index is 1000. The summed E-state index contributed by atoms with van der Waals surface area (Å²) in [5, 5.41) is 14.6. The van der Waals surface area contributed by atoms with Crippen molar-refractivity contribution < 1.29 is 9.72 Å². The summed E-state index contributed by atoms with van der Waals surface area (Å²) in [5.74, 6) is -0.740. The molecular formula is C17H14ClN7O3. The third kappa shape index (κ3) is 4.48. The van der Waals surface area contributed by atoms with Crippen LogP contribution in [-0.2, 0) is 6.54 Å². The van der Waals surface area contributed by atoms with Crippen molar-refractivity contribution in [2.24, 2.45) is 0 Å². The molecule has 0 fully saturated rings. The van der Waals surface area contributed by atoms with Crippen LogP contribution in [0.2, 0.25) is 5.02 Å². The van der Waals surface area contributed by atoms with Crippen molar-refractivity contribution in [2.75, 3.05) is 10.7 Å². The largest absolute Gasteiger partial charge is 0.360 e. The Labute approximate surface area is 164 Å². The molecule has 0 saturated heterocycles. The van der Waals surface area contributed by atoms with E-state index >= 15 is 0 Å². The van der Waals surface area contributed by atoms with Gasteiger partial charge in [-0.05, 0) is 23.8 Å². The zero-order chi connectivity index (χ0) is 19.9. The Morgan fingerprint density at radius 1 is 1.14 bits per heavy atom. The smallest absolute Gasteiger partial charge is 0.354 e. The van der Waals surface area contributed by atoms with Gasteiger partial charge in [-0.1, -0.05) is 29.8 Å². The fourth-order valence-electron chi connectivity index (χ4n) is 2.29. The first-order chi connectivity index (χ1) is 13.6. The van der Waals surface area contributed by atoms with E-state index in [0.29, 0.717) is 0 Å². The van der Waals surface area contributed by atoms with Crippen LogP contribution in [0, 0.1) is 10.1 Å². The first-order valence-corrected chi connectivity index (χ1v) is 8.37. The molecule has 3 rings (SSSR count). The van der Waals surface area contributed by atoms with E-state index in [0.717, 1.165) is 11.9 Å². The molecule has 2 aromatic heterocycles. The lowest BCUT2D eigenvalue weighted by atomic mass is 10.2. The van der Waals surface area contributed by atoms with Crippen LogP contribution in [0.1, 0.15) is 15.9 Å². The van der Waals surface area contributed by atoms with E-state index in [1.807, 2.05) is 6.07 Å². The summed E-state index contributed by atoms with van der Waals surface area (Å²) < 4.78 is 0. The quantitative estimate of drug-likeness (QED) is 0.407. The number of nitro groups is 1. The van der Waals surface area contributed by atoms with Crippen LogP contribution >= 0.6 is 11.6 Å². The molecule has 2 heterocycles. The van der Waals surface area contributed by atoms with E-state index in [9.17, 15) is 14.9 Å². The lowest BCUT2D eigenvalue weighted by Gasteiger charge is -2.11. The third-order valence-corrected chi connectivity index (χ3v) is 3.93. The summed E-state index contributed by atoms with van der Waals surface area (Å²) in [6.45, 7) is 0.275. The molecule has 0 unspecified atom stereocenters. The molecule has 0 bridgehead atoms. The maximum atomic E-state index is 12.2. The fraction of sp³-hybridized carbons (Fsp3) is 0.0588. The zero-order valence-electron chi connectivity index (χ0n) is 14.3. The maximum Gasteiger partial charge on any atom is 0.354 e. The Kier molecular flexibility index (Phi) is 5.92. The van der Waals surface area contributed by atoms with Gasteiger partial charge >= 0.3 is 5.69 Å². The second-order valence-corrected chi connectivity index (χ2v) is 5.86. The number of nitrogens with zero attached hydrogens (tertiary/aromatic N) is 4. The van der Waals surface area contributed by atoms with Crippen molar-refractivity contribution in [3.05, 3.63) is 81.4 Å². The predicted molar refractivity (Wildman–Crippen MR) is 103 cm³/mol. The fourth-order valence-corrected chi connectivity index (χ4v) is 2.51. The molecule has 10 nitrogen and oxygen atoms in total. The van der Waals surface area contributed by atoms with Crippen LogP contribution < -0.4 is 16.2 Å². The van der Waals surface area contributed by atoms with Crippen molar-refractivity contribution in [3.8, 4) is 0 Å². The number of rotatable bonds is 7. The predicted octanol–water partition coefficient (Wildman–Crippen LogP) is 2.80. The first-order valence-electron chi connectivity index (χ1n) is 7.99. The molecule has 0 spiro atoms. The Hall–Kier alpha value is -3.79. The number of hydrogen-bond acceptors (Lipinski definition) is 8. The minimum atomic E-state index is -0.643. The molecule has 3 aromatic rings. The Morgan fingerprint density at radius 2 is 1.93 bits per heavy atom. The van der Waals surface area contributed by atoms with Gasteiger partial charge in [0, 0.05) is 18.9 Å². The molecule has 1 amide bonds. The number of halogens is 1. The van der Waals surface area contributed by atoms with Gasteiger partial charge in [0.15, 0.2) is 0 Å².